The molecule has 2 rings (SSSR count). The number of benzene rings is 1. The normalized spacial score (nSPS) is 18.1. The summed E-state index contributed by atoms with van der Waals surface area (Å²) in [6.45, 7) is 2.91. The monoisotopic (exact) mass is 299 g/mol. The van der Waals surface area contributed by atoms with E-state index in [0.717, 1.165) is 5.56 Å². The van der Waals surface area contributed by atoms with Gasteiger partial charge in [-0.15, -0.1) is 0 Å². The van der Waals surface area contributed by atoms with Crippen LogP contribution in [0.25, 0.3) is 0 Å². The molecular formula is C14H21NO4S. The maximum atomic E-state index is 12.6. The molecule has 1 aromatic rings. The van der Waals surface area contributed by atoms with E-state index in [2.05, 4.69) is 0 Å². The van der Waals surface area contributed by atoms with Crippen molar-refractivity contribution in [1.29, 1.82) is 0 Å². The summed E-state index contributed by atoms with van der Waals surface area (Å²) in [5, 5.41) is 9.11. The van der Waals surface area contributed by atoms with E-state index in [1.807, 2.05) is 6.92 Å². The second-order valence-electron chi connectivity index (χ2n) is 5.16. The molecule has 0 spiro atoms. The van der Waals surface area contributed by atoms with E-state index in [-0.39, 0.29) is 12.5 Å². The lowest BCUT2D eigenvalue weighted by atomic mass is 10.00. The van der Waals surface area contributed by atoms with E-state index in [9.17, 15) is 8.42 Å². The first-order chi connectivity index (χ1) is 9.48. The van der Waals surface area contributed by atoms with Crippen LogP contribution >= 0.6 is 0 Å². The van der Waals surface area contributed by atoms with Gasteiger partial charge in [-0.05, 0) is 49.4 Å². The zero-order chi connectivity index (χ0) is 14.8. The summed E-state index contributed by atoms with van der Waals surface area (Å²) in [6, 6.07) is 4.91. The summed E-state index contributed by atoms with van der Waals surface area (Å²) in [5.41, 5.74) is 0.804. The molecule has 6 heteroatoms. The predicted octanol–water partition coefficient (Wildman–Crippen LogP) is 1.40. The Bertz CT molecular complexity index is 563. The Morgan fingerprint density at radius 2 is 2.00 bits per heavy atom. The highest BCUT2D eigenvalue weighted by Crippen LogP contribution is 2.26. The van der Waals surface area contributed by atoms with Crippen molar-refractivity contribution in [2.24, 2.45) is 5.92 Å². The van der Waals surface area contributed by atoms with Gasteiger partial charge in [-0.25, -0.2) is 8.42 Å². The van der Waals surface area contributed by atoms with E-state index < -0.39 is 10.0 Å². The molecule has 1 aromatic carbocycles. The molecule has 20 heavy (non-hydrogen) atoms. The number of ether oxygens (including phenoxy) is 1. The summed E-state index contributed by atoms with van der Waals surface area (Å²) >= 11 is 0. The molecule has 0 bridgehead atoms. The lowest BCUT2D eigenvalue weighted by molar-refractivity contribution is 0.170. The summed E-state index contributed by atoms with van der Waals surface area (Å²) in [4.78, 5) is 0.304. The minimum Gasteiger partial charge on any atom is -0.496 e. The second-order valence-corrected chi connectivity index (χ2v) is 7.10. The summed E-state index contributed by atoms with van der Waals surface area (Å²) in [7, 11) is -1.88. The Balaban J connectivity index is 2.20. The third kappa shape index (κ3) is 2.97. The van der Waals surface area contributed by atoms with Crippen LogP contribution in [0.1, 0.15) is 18.4 Å². The van der Waals surface area contributed by atoms with Gasteiger partial charge in [0.05, 0.1) is 12.0 Å². The fourth-order valence-corrected chi connectivity index (χ4v) is 4.05. The molecule has 1 N–H and O–H groups in total. The molecule has 1 fully saturated rings. The van der Waals surface area contributed by atoms with Crippen molar-refractivity contribution in [3.63, 3.8) is 0 Å². The first kappa shape index (κ1) is 15.3. The van der Waals surface area contributed by atoms with Crippen LogP contribution in [0.15, 0.2) is 23.1 Å². The van der Waals surface area contributed by atoms with Gasteiger partial charge in [-0.3, -0.25) is 0 Å². The van der Waals surface area contributed by atoms with Gasteiger partial charge in [0.25, 0.3) is 0 Å². The van der Waals surface area contributed by atoms with Crippen LogP contribution in [0.3, 0.4) is 0 Å². The number of aliphatic hydroxyl groups excluding tert-OH is 1. The van der Waals surface area contributed by atoms with E-state index in [1.54, 1.807) is 25.3 Å². The van der Waals surface area contributed by atoms with Crippen molar-refractivity contribution in [2.75, 3.05) is 26.8 Å². The Hall–Kier alpha value is -1.11. The van der Waals surface area contributed by atoms with Gasteiger partial charge in [0.1, 0.15) is 5.75 Å². The number of nitrogens with zero attached hydrogens (tertiary/aromatic N) is 1. The van der Waals surface area contributed by atoms with Gasteiger partial charge < -0.3 is 9.84 Å². The molecule has 1 aliphatic rings. The van der Waals surface area contributed by atoms with Gasteiger partial charge >= 0.3 is 0 Å². The molecule has 1 heterocycles. The number of aryl methyl sites for hydroxylation is 1. The van der Waals surface area contributed by atoms with E-state index in [1.165, 1.54) is 4.31 Å². The maximum Gasteiger partial charge on any atom is 0.243 e. The molecule has 0 saturated carbocycles. The number of hydrogen-bond donors (Lipinski definition) is 1. The quantitative estimate of drug-likeness (QED) is 0.912. The highest BCUT2D eigenvalue weighted by Gasteiger charge is 2.29. The maximum absolute atomic E-state index is 12.6. The fourth-order valence-electron chi connectivity index (χ4n) is 2.49. The van der Waals surface area contributed by atoms with Gasteiger partial charge in [0.2, 0.25) is 10.0 Å². The molecular weight excluding hydrogens is 278 g/mol. The minimum absolute atomic E-state index is 0.134. The average molecular weight is 299 g/mol. The third-order valence-corrected chi connectivity index (χ3v) is 5.73. The topological polar surface area (TPSA) is 66.8 Å². The molecule has 112 valence electrons. The highest BCUT2D eigenvalue weighted by molar-refractivity contribution is 7.89. The van der Waals surface area contributed by atoms with Crippen LogP contribution in [0.4, 0.5) is 0 Å². The van der Waals surface area contributed by atoms with E-state index >= 15 is 0 Å². The van der Waals surface area contributed by atoms with Crippen LogP contribution in [-0.4, -0.2) is 44.6 Å². The molecule has 1 saturated heterocycles. The molecule has 5 nitrogen and oxygen atoms in total. The average Bonchev–Trinajstić information content (AvgIpc) is 2.47. The smallest absolute Gasteiger partial charge is 0.243 e. The molecule has 0 unspecified atom stereocenters. The molecule has 0 aromatic heterocycles. The Morgan fingerprint density at radius 3 is 2.50 bits per heavy atom. The zero-order valence-electron chi connectivity index (χ0n) is 11.9. The number of rotatable bonds is 4. The van der Waals surface area contributed by atoms with Gasteiger partial charge in [-0.2, -0.15) is 4.31 Å². The Morgan fingerprint density at radius 1 is 1.35 bits per heavy atom. The first-order valence-corrected chi connectivity index (χ1v) is 8.18. The predicted molar refractivity (Wildman–Crippen MR) is 76.3 cm³/mol. The van der Waals surface area contributed by atoms with Gasteiger partial charge in [0.15, 0.2) is 0 Å². The molecule has 0 amide bonds. The van der Waals surface area contributed by atoms with Crippen LogP contribution in [-0.2, 0) is 10.0 Å². The SMILES string of the molecule is COc1ccc(S(=O)(=O)N2CCC(CO)CC2)cc1C. The largest absolute Gasteiger partial charge is 0.496 e. The summed E-state index contributed by atoms with van der Waals surface area (Å²) in [6.07, 6.45) is 1.43. The lowest BCUT2D eigenvalue weighted by Crippen LogP contribution is -2.39. The van der Waals surface area contributed by atoms with Crippen molar-refractivity contribution in [2.45, 2.75) is 24.7 Å². The van der Waals surface area contributed by atoms with Crippen LogP contribution < -0.4 is 4.74 Å². The summed E-state index contributed by atoms with van der Waals surface area (Å²) < 4.78 is 31.8. The van der Waals surface area contributed by atoms with Gasteiger partial charge in [-0.1, -0.05) is 0 Å². The second kappa shape index (κ2) is 6.11. The Kier molecular flexibility index (Phi) is 4.67. The van der Waals surface area contributed by atoms with Crippen molar-refractivity contribution < 1.29 is 18.3 Å². The number of aliphatic hydroxyl groups is 1. The number of sulfonamides is 1. The lowest BCUT2D eigenvalue weighted by Gasteiger charge is -2.30. The highest BCUT2D eigenvalue weighted by atomic mass is 32.2. The van der Waals surface area contributed by atoms with Crippen molar-refractivity contribution in [3.8, 4) is 5.75 Å². The van der Waals surface area contributed by atoms with Crippen molar-refractivity contribution >= 4 is 10.0 Å². The molecule has 0 atom stereocenters. The van der Waals surface area contributed by atoms with Crippen LogP contribution in [0.2, 0.25) is 0 Å². The van der Waals surface area contributed by atoms with Gasteiger partial charge in [0, 0.05) is 19.7 Å². The molecule has 1 aliphatic heterocycles. The van der Waals surface area contributed by atoms with Crippen molar-refractivity contribution in [1.82, 2.24) is 4.31 Å². The van der Waals surface area contributed by atoms with Crippen molar-refractivity contribution in [3.05, 3.63) is 23.8 Å². The zero-order valence-corrected chi connectivity index (χ0v) is 12.7. The van der Waals surface area contributed by atoms with Crippen LogP contribution in [0.5, 0.6) is 5.75 Å². The number of hydrogen-bond acceptors (Lipinski definition) is 4. The standard InChI is InChI=1S/C14H21NO4S/c1-11-9-13(3-4-14(11)19-2)20(17,18)15-7-5-12(10-16)6-8-15/h3-4,9,12,16H,5-8,10H2,1-2H3. The fraction of sp³-hybridized carbons (Fsp3) is 0.571. The third-order valence-electron chi connectivity index (χ3n) is 3.84. The first-order valence-electron chi connectivity index (χ1n) is 6.74. The number of piperidine rings is 1. The molecule has 0 aliphatic carbocycles. The number of methoxy groups -OCH3 is 1. The summed E-state index contributed by atoms with van der Waals surface area (Å²) in [5.74, 6) is 0.905. The molecule has 0 radical (unpaired) electrons. The van der Waals surface area contributed by atoms with E-state index in [4.69, 9.17) is 9.84 Å². The Labute approximate surface area is 120 Å². The van der Waals surface area contributed by atoms with Crippen LogP contribution in [0, 0.1) is 12.8 Å². The van der Waals surface area contributed by atoms with E-state index in [0.29, 0.717) is 36.6 Å². The minimum atomic E-state index is -3.45.